The second kappa shape index (κ2) is 10.1. The largest absolute Gasteiger partial charge is 0.463 e. The number of carbonyl (C=O) groups is 2. The van der Waals surface area contributed by atoms with Crippen LogP contribution in [-0.4, -0.2) is 37.5 Å². The molecule has 2 aromatic rings. The van der Waals surface area contributed by atoms with Gasteiger partial charge in [-0.15, -0.1) is 0 Å². The van der Waals surface area contributed by atoms with Crippen LogP contribution >= 0.6 is 0 Å². The molecule has 0 saturated carbocycles. The minimum Gasteiger partial charge on any atom is -0.463 e. The van der Waals surface area contributed by atoms with Gasteiger partial charge in [-0.2, -0.15) is 0 Å². The number of nitrogens with one attached hydrogen (secondary N) is 3. The lowest BCUT2D eigenvalue weighted by molar-refractivity contribution is -0.137. The molecule has 0 bridgehead atoms. The summed E-state index contributed by atoms with van der Waals surface area (Å²) in [6.45, 7) is 4.05. The van der Waals surface area contributed by atoms with Gasteiger partial charge < -0.3 is 20.7 Å². The van der Waals surface area contributed by atoms with Crippen LogP contribution in [0.1, 0.15) is 28.4 Å². The van der Waals surface area contributed by atoms with Gasteiger partial charge >= 0.3 is 5.97 Å². The molecule has 1 aliphatic heterocycles. The molecular formula is C22H24N4O3. The first-order valence-corrected chi connectivity index (χ1v) is 9.51. The van der Waals surface area contributed by atoms with Crippen molar-refractivity contribution in [2.45, 2.75) is 13.5 Å². The van der Waals surface area contributed by atoms with Crippen LogP contribution in [0, 0.1) is 0 Å². The summed E-state index contributed by atoms with van der Waals surface area (Å²) in [5, 5.41) is 9.22. The first-order chi connectivity index (χ1) is 14.1. The Balaban J connectivity index is 1.58. The van der Waals surface area contributed by atoms with Crippen molar-refractivity contribution in [1.29, 1.82) is 0 Å². The average Bonchev–Trinajstić information content (AvgIpc) is 3.24. The monoisotopic (exact) mass is 392 g/mol. The fraction of sp³-hybridized carbons (Fsp3) is 0.227. The topological polar surface area (TPSA) is 91.8 Å². The predicted octanol–water partition coefficient (Wildman–Crippen LogP) is 2.56. The third-order valence-corrected chi connectivity index (χ3v) is 4.16. The minimum absolute atomic E-state index is 0.164. The number of ether oxygens (including phenoxy) is 1. The maximum atomic E-state index is 12.5. The number of nitrogens with zero attached hydrogens (tertiary/aromatic N) is 1. The summed E-state index contributed by atoms with van der Waals surface area (Å²) in [7, 11) is 0. The van der Waals surface area contributed by atoms with Gasteiger partial charge in [-0.3, -0.25) is 9.79 Å². The Bertz CT molecular complexity index is 937. The van der Waals surface area contributed by atoms with E-state index in [1.54, 1.807) is 25.1 Å². The van der Waals surface area contributed by atoms with Gasteiger partial charge in [0.2, 0.25) is 0 Å². The first kappa shape index (κ1) is 20.1. The Morgan fingerprint density at radius 1 is 1.21 bits per heavy atom. The van der Waals surface area contributed by atoms with Crippen LogP contribution in [-0.2, 0) is 16.1 Å². The lowest BCUT2D eigenvalue weighted by Gasteiger charge is -2.09. The Morgan fingerprint density at radius 2 is 2.07 bits per heavy atom. The van der Waals surface area contributed by atoms with E-state index in [0.717, 1.165) is 35.9 Å². The average molecular weight is 392 g/mol. The molecule has 3 rings (SSSR count). The predicted molar refractivity (Wildman–Crippen MR) is 114 cm³/mol. The summed E-state index contributed by atoms with van der Waals surface area (Å²) < 4.78 is 4.87. The molecule has 0 radical (unpaired) electrons. The van der Waals surface area contributed by atoms with Gasteiger partial charge in [0.1, 0.15) is 0 Å². The van der Waals surface area contributed by atoms with E-state index in [4.69, 9.17) is 4.74 Å². The SMILES string of the molecule is CCOC(=O)/C=C/c1cccc(CNC(=O)c2cccc(NC3=NCCN3)c2)c1. The second-order valence-electron chi connectivity index (χ2n) is 6.38. The summed E-state index contributed by atoms with van der Waals surface area (Å²) in [4.78, 5) is 28.2. The molecule has 7 heteroatoms. The van der Waals surface area contributed by atoms with Gasteiger partial charge in [0.25, 0.3) is 5.91 Å². The highest BCUT2D eigenvalue weighted by atomic mass is 16.5. The molecule has 1 amide bonds. The zero-order valence-corrected chi connectivity index (χ0v) is 16.3. The number of hydrogen-bond acceptors (Lipinski definition) is 6. The highest BCUT2D eigenvalue weighted by Crippen LogP contribution is 2.12. The van der Waals surface area contributed by atoms with Crippen molar-refractivity contribution in [1.82, 2.24) is 10.6 Å². The van der Waals surface area contributed by atoms with Gasteiger partial charge in [0.15, 0.2) is 5.96 Å². The molecule has 150 valence electrons. The Morgan fingerprint density at radius 3 is 2.86 bits per heavy atom. The normalized spacial score (nSPS) is 12.9. The molecule has 0 fully saturated rings. The van der Waals surface area contributed by atoms with Gasteiger partial charge in [-0.05, 0) is 48.4 Å². The number of amides is 1. The van der Waals surface area contributed by atoms with Crippen LogP contribution < -0.4 is 16.0 Å². The number of rotatable bonds is 7. The fourth-order valence-corrected chi connectivity index (χ4v) is 2.80. The summed E-state index contributed by atoms with van der Waals surface area (Å²) in [6, 6.07) is 14.9. The van der Waals surface area contributed by atoms with Crippen molar-refractivity contribution in [3.63, 3.8) is 0 Å². The van der Waals surface area contributed by atoms with E-state index in [9.17, 15) is 9.59 Å². The van der Waals surface area contributed by atoms with Crippen LogP contribution in [0.4, 0.5) is 5.69 Å². The van der Waals surface area contributed by atoms with E-state index < -0.39 is 0 Å². The quantitative estimate of drug-likeness (QED) is 0.498. The van der Waals surface area contributed by atoms with Gasteiger partial charge in [-0.25, -0.2) is 4.79 Å². The summed E-state index contributed by atoms with van der Waals surface area (Å²) in [6.07, 6.45) is 3.08. The molecule has 3 N–H and O–H groups in total. The molecule has 7 nitrogen and oxygen atoms in total. The standard InChI is InChI=1S/C22H24N4O3/c1-2-29-20(27)10-9-16-5-3-6-17(13-16)15-25-21(28)18-7-4-8-19(14-18)26-22-23-11-12-24-22/h3-10,13-14H,2,11-12,15H2,1H3,(H,25,28)(H2,23,24,26)/b10-9+. The molecule has 1 heterocycles. The summed E-state index contributed by atoms with van der Waals surface area (Å²) in [5.41, 5.74) is 3.16. The highest BCUT2D eigenvalue weighted by Gasteiger charge is 2.09. The number of carbonyl (C=O) groups excluding carboxylic acids is 2. The number of anilines is 1. The van der Waals surface area contributed by atoms with E-state index in [0.29, 0.717) is 18.7 Å². The molecule has 0 aromatic heterocycles. The number of benzene rings is 2. The first-order valence-electron chi connectivity index (χ1n) is 9.51. The maximum absolute atomic E-state index is 12.5. The van der Waals surface area contributed by atoms with Crippen LogP contribution in [0.25, 0.3) is 6.08 Å². The van der Waals surface area contributed by atoms with Crippen LogP contribution in [0.15, 0.2) is 59.6 Å². The Kier molecular flexibility index (Phi) is 7.00. The minimum atomic E-state index is -0.376. The number of aliphatic imine (C=N–C) groups is 1. The van der Waals surface area contributed by atoms with Gasteiger partial charge in [-0.1, -0.05) is 24.3 Å². The zero-order chi connectivity index (χ0) is 20.5. The molecule has 1 aliphatic rings. The number of esters is 1. The second-order valence-corrected chi connectivity index (χ2v) is 6.38. The third-order valence-electron chi connectivity index (χ3n) is 4.16. The summed E-state index contributed by atoms with van der Waals surface area (Å²) in [5.74, 6) is 0.177. The lowest BCUT2D eigenvalue weighted by Crippen LogP contribution is -2.26. The van der Waals surface area contributed by atoms with Crippen molar-refractivity contribution >= 4 is 29.6 Å². The van der Waals surface area contributed by atoms with E-state index in [-0.39, 0.29) is 11.9 Å². The summed E-state index contributed by atoms with van der Waals surface area (Å²) >= 11 is 0. The number of guanidine groups is 1. The number of hydrogen-bond donors (Lipinski definition) is 3. The molecule has 0 unspecified atom stereocenters. The van der Waals surface area contributed by atoms with E-state index in [1.807, 2.05) is 36.4 Å². The molecule has 2 aromatic carbocycles. The van der Waals surface area contributed by atoms with Gasteiger partial charge in [0, 0.05) is 30.4 Å². The van der Waals surface area contributed by atoms with Crippen molar-refractivity contribution in [2.75, 3.05) is 25.0 Å². The van der Waals surface area contributed by atoms with Crippen molar-refractivity contribution < 1.29 is 14.3 Å². The fourth-order valence-electron chi connectivity index (χ4n) is 2.80. The Labute approximate surface area is 169 Å². The Hall–Kier alpha value is -3.61. The van der Waals surface area contributed by atoms with Crippen LogP contribution in [0.3, 0.4) is 0 Å². The molecule has 0 saturated heterocycles. The van der Waals surface area contributed by atoms with Crippen LogP contribution in [0.2, 0.25) is 0 Å². The molecule has 29 heavy (non-hydrogen) atoms. The molecule has 0 aliphatic carbocycles. The zero-order valence-electron chi connectivity index (χ0n) is 16.3. The van der Waals surface area contributed by atoms with E-state index in [2.05, 4.69) is 20.9 Å². The third kappa shape index (κ3) is 6.21. The van der Waals surface area contributed by atoms with Gasteiger partial charge in [0.05, 0.1) is 13.2 Å². The molecule has 0 atom stereocenters. The molecule has 0 spiro atoms. The van der Waals surface area contributed by atoms with E-state index >= 15 is 0 Å². The van der Waals surface area contributed by atoms with Crippen molar-refractivity contribution in [3.8, 4) is 0 Å². The highest BCUT2D eigenvalue weighted by molar-refractivity contribution is 5.98. The molecular weight excluding hydrogens is 368 g/mol. The van der Waals surface area contributed by atoms with E-state index in [1.165, 1.54) is 6.08 Å². The van der Waals surface area contributed by atoms with Crippen LogP contribution in [0.5, 0.6) is 0 Å². The van der Waals surface area contributed by atoms with Crippen molar-refractivity contribution in [3.05, 3.63) is 71.3 Å². The van der Waals surface area contributed by atoms with Crippen molar-refractivity contribution in [2.24, 2.45) is 4.99 Å². The smallest absolute Gasteiger partial charge is 0.330 e. The maximum Gasteiger partial charge on any atom is 0.330 e. The lowest BCUT2D eigenvalue weighted by atomic mass is 10.1.